The largest absolute Gasteiger partial charge is 0.356 e. The highest BCUT2D eigenvalue weighted by Crippen LogP contribution is 2.19. The van der Waals surface area contributed by atoms with Crippen LogP contribution in [-0.2, 0) is 9.24 Å². The summed E-state index contributed by atoms with van der Waals surface area (Å²) in [7, 11) is 1.34. The Morgan fingerprint density at radius 2 is 1.28 bits per heavy atom. The van der Waals surface area contributed by atoms with E-state index >= 15 is 0 Å². The van der Waals surface area contributed by atoms with Gasteiger partial charge < -0.3 is 5.32 Å². The third-order valence-electron chi connectivity index (χ3n) is 2.19. The lowest BCUT2D eigenvalue weighted by Gasteiger charge is -2.07. The highest BCUT2D eigenvalue weighted by Gasteiger charge is 2.03. The van der Waals surface area contributed by atoms with Crippen molar-refractivity contribution in [2.75, 3.05) is 10.0 Å². The molecule has 0 saturated carbocycles. The van der Waals surface area contributed by atoms with Gasteiger partial charge in [-0.05, 0) is 36.4 Å². The first-order chi connectivity index (χ1) is 8.53. The maximum absolute atomic E-state index is 10.8. The molecule has 0 fully saturated rings. The van der Waals surface area contributed by atoms with Gasteiger partial charge in [-0.1, -0.05) is 18.2 Å². The van der Waals surface area contributed by atoms with E-state index in [1.807, 2.05) is 30.3 Å². The fourth-order valence-corrected chi connectivity index (χ4v) is 2.14. The van der Waals surface area contributed by atoms with E-state index in [1.165, 1.54) is 0 Å². The molecule has 0 saturated heterocycles. The van der Waals surface area contributed by atoms with Crippen molar-refractivity contribution in [3.05, 3.63) is 54.6 Å². The lowest BCUT2D eigenvalue weighted by atomic mass is 10.2. The highest BCUT2D eigenvalue weighted by molar-refractivity contribution is 8.14. The van der Waals surface area contributed by atoms with Crippen molar-refractivity contribution in [2.24, 2.45) is 0 Å². The van der Waals surface area contributed by atoms with Gasteiger partial charge in [0.15, 0.2) is 0 Å². The molecular weight excluding hydrogens is 272 g/mol. The molecular formula is C12H11ClN2O2S. The molecule has 4 nitrogen and oxygen atoms in total. The van der Waals surface area contributed by atoms with Crippen molar-refractivity contribution in [1.29, 1.82) is 0 Å². The molecule has 6 heteroatoms. The van der Waals surface area contributed by atoms with E-state index < -0.39 is 9.24 Å². The molecule has 2 aromatic rings. The Hall–Kier alpha value is -1.72. The number of para-hydroxylation sites is 1. The van der Waals surface area contributed by atoms with Crippen molar-refractivity contribution in [2.45, 2.75) is 0 Å². The fourth-order valence-electron chi connectivity index (χ4n) is 1.45. The van der Waals surface area contributed by atoms with E-state index in [9.17, 15) is 8.42 Å². The highest BCUT2D eigenvalue weighted by atomic mass is 35.7. The molecule has 2 N–H and O–H groups in total. The average molecular weight is 283 g/mol. The Kier molecular flexibility index (Phi) is 3.74. The molecule has 0 aliphatic heterocycles. The zero-order chi connectivity index (χ0) is 13.0. The van der Waals surface area contributed by atoms with Gasteiger partial charge in [0, 0.05) is 27.7 Å². The molecule has 0 bridgehead atoms. The normalized spacial score (nSPS) is 10.9. The van der Waals surface area contributed by atoms with Crippen molar-refractivity contribution in [3.8, 4) is 0 Å². The zero-order valence-electron chi connectivity index (χ0n) is 9.30. The molecule has 18 heavy (non-hydrogen) atoms. The van der Waals surface area contributed by atoms with Crippen LogP contribution in [0.5, 0.6) is 0 Å². The second kappa shape index (κ2) is 5.29. The van der Waals surface area contributed by atoms with Crippen LogP contribution in [0.3, 0.4) is 0 Å². The first-order valence-electron chi connectivity index (χ1n) is 5.17. The Morgan fingerprint density at radius 3 is 1.83 bits per heavy atom. The van der Waals surface area contributed by atoms with Crippen LogP contribution in [0.15, 0.2) is 54.6 Å². The quantitative estimate of drug-likeness (QED) is 0.846. The third kappa shape index (κ3) is 3.94. The van der Waals surface area contributed by atoms with Crippen LogP contribution in [0, 0.1) is 0 Å². The molecule has 0 heterocycles. The summed E-state index contributed by atoms with van der Waals surface area (Å²) in [5.74, 6) is 0. The van der Waals surface area contributed by atoms with Gasteiger partial charge in [0.05, 0.1) is 0 Å². The van der Waals surface area contributed by atoms with Gasteiger partial charge in [-0.15, -0.1) is 0 Å². The summed E-state index contributed by atoms with van der Waals surface area (Å²) in [6.07, 6.45) is 0. The van der Waals surface area contributed by atoms with Crippen LogP contribution in [-0.4, -0.2) is 8.42 Å². The maximum atomic E-state index is 10.8. The van der Waals surface area contributed by atoms with Crippen LogP contribution in [0.2, 0.25) is 0 Å². The summed E-state index contributed by atoms with van der Waals surface area (Å²) in [6.45, 7) is 0. The second-order valence-corrected chi connectivity index (χ2v) is 5.91. The zero-order valence-corrected chi connectivity index (χ0v) is 10.9. The molecule has 2 rings (SSSR count). The van der Waals surface area contributed by atoms with E-state index in [0.29, 0.717) is 5.69 Å². The number of benzene rings is 2. The van der Waals surface area contributed by atoms with Gasteiger partial charge >= 0.3 is 9.24 Å². The standard InChI is InChI=1S/C12H11ClN2O2S/c13-18(16,17)15-12-8-6-11(7-9-12)14-10-4-2-1-3-5-10/h1-9,14-15H. The summed E-state index contributed by atoms with van der Waals surface area (Å²) in [4.78, 5) is 0. The minimum Gasteiger partial charge on any atom is -0.356 e. The van der Waals surface area contributed by atoms with Gasteiger partial charge in [0.1, 0.15) is 0 Å². The summed E-state index contributed by atoms with van der Waals surface area (Å²) in [5, 5.41) is 3.18. The van der Waals surface area contributed by atoms with Crippen LogP contribution < -0.4 is 10.0 Å². The fraction of sp³-hybridized carbons (Fsp3) is 0. The van der Waals surface area contributed by atoms with E-state index in [4.69, 9.17) is 10.7 Å². The molecule has 0 aromatic heterocycles. The Bertz CT molecular complexity index is 612. The van der Waals surface area contributed by atoms with Gasteiger partial charge in [0.25, 0.3) is 0 Å². The molecule has 0 radical (unpaired) electrons. The topological polar surface area (TPSA) is 58.2 Å². The van der Waals surface area contributed by atoms with E-state index in [2.05, 4.69) is 10.0 Å². The second-order valence-electron chi connectivity index (χ2n) is 3.61. The Labute approximate surface area is 110 Å². The third-order valence-corrected chi connectivity index (χ3v) is 2.90. The van der Waals surface area contributed by atoms with Crippen LogP contribution >= 0.6 is 10.7 Å². The van der Waals surface area contributed by atoms with E-state index in [-0.39, 0.29) is 0 Å². The number of hydrogen-bond acceptors (Lipinski definition) is 3. The van der Waals surface area contributed by atoms with Crippen molar-refractivity contribution >= 4 is 37.0 Å². The van der Waals surface area contributed by atoms with Gasteiger partial charge in [-0.25, -0.2) is 0 Å². The first-order valence-corrected chi connectivity index (χ1v) is 7.48. The van der Waals surface area contributed by atoms with Crippen LogP contribution in [0.1, 0.15) is 0 Å². The van der Waals surface area contributed by atoms with E-state index in [1.54, 1.807) is 24.3 Å². The number of hydrogen-bond donors (Lipinski definition) is 2. The summed E-state index contributed by atoms with van der Waals surface area (Å²) < 4.78 is 23.8. The molecule has 0 aliphatic carbocycles. The smallest absolute Gasteiger partial charge is 0.319 e. The average Bonchev–Trinajstić information content (AvgIpc) is 2.31. The van der Waals surface area contributed by atoms with Gasteiger partial charge in [-0.3, -0.25) is 4.72 Å². The first kappa shape index (κ1) is 12.7. The van der Waals surface area contributed by atoms with Crippen LogP contribution in [0.4, 0.5) is 17.1 Å². The van der Waals surface area contributed by atoms with E-state index in [0.717, 1.165) is 11.4 Å². The predicted octanol–water partition coefficient (Wildman–Crippen LogP) is 3.33. The SMILES string of the molecule is O=S(=O)(Cl)Nc1ccc(Nc2ccccc2)cc1. The van der Waals surface area contributed by atoms with Crippen molar-refractivity contribution in [3.63, 3.8) is 0 Å². The monoisotopic (exact) mass is 282 g/mol. The molecule has 0 atom stereocenters. The summed E-state index contributed by atoms with van der Waals surface area (Å²) in [6, 6.07) is 16.5. The molecule has 0 spiro atoms. The maximum Gasteiger partial charge on any atom is 0.319 e. The van der Waals surface area contributed by atoms with Gasteiger partial charge in [-0.2, -0.15) is 8.42 Å². The summed E-state index contributed by atoms with van der Waals surface area (Å²) >= 11 is 0. The Morgan fingerprint density at radius 1 is 0.778 bits per heavy atom. The number of anilines is 3. The molecule has 2 aromatic carbocycles. The van der Waals surface area contributed by atoms with Gasteiger partial charge in [0.2, 0.25) is 0 Å². The minimum absolute atomic E-state index is 0.420. The molecule has 0 unspecified atom stereocenters. The molecule has 0 amide bonds. The Balaban J connectivity index is 2.09. The lowest BCUT2D eigenvalue weighted by Crippen LogP contribution is -2.03. The lowest BCUT2D eigenvalue weighted by molar-refractivity contribution is 0.614. The predicted molar refractivity (Wildman–Crippen MR) is 74.6 cm³/mol. The number of halogens is 1. The van der Waals surface area contributed by atoms with Crippen LogP contribution in [0.25, 0.3) is 0 Å². The molecule has 0 aliphatic rings. The number of nitrogens with one attached hydrogen (secondary N) is 2. The van der Waals surface area contributed by atoms with Crippen molar-refractivity contribution < 1.29 is 8.42 Å². The summed E-state index contributed by atoms with van der Waals surface area (Å²) in [5.41, 5.74) is 2.24. The minimum atomic E-state index is -3.75. The van der Waals surface area contributed by atoms with Crippen molar-refractivity contribution in [1.82, 2.24) is 0 Å². The number of rotatable bonds is 4. The molecule has 94 valence electrons.